The normalized spacial score (nSPS) is 10.2. The van der Waals surface area contributed by atoms with Crippen molar-refractivity contribution in [3.05, 3.63) is 108 Å². The number of benzene rings is 3. The lowest BCUT2D eigenvalue weighted by molar-refractivity contribution is 0.304. The second-order valence-electron chi connectivity index (χ2n) is 6.32. The number of nitrogens with one attached hydrogen (secondary N) is 1. The molecule has 0 spiro atoms. The minimum Gasteiger partial charge on any atom is -0.488 e. The maximum Gasteiger partial charge on any atom is 0.137 e. The zero-order valence-corrected chi connectivity index (χ0v) is 16.4. The van der Waals surface area contributed by atoms with E-state index < -0.39 is 0 Å². The average molecular weight is 395 g/mol. The SMILES string of the molecule is C=N/C=C\C(=C)Nc1ccc(Oc2cccc(COc3ccccc3C#N)c2)cc1. The highest BCUT2D eigenvalue weighted by molar-refractivity contribution is 5.52. The Bertz CT molecular complexity index is 1100. The zero-order chi connectivity index (χ0) is 21.2. The van der Waals surface area contributed by atoms with Crippen molar-refractivity contribution in [3.63, 3.8) is 0 Å². The fraction of sp³-hybridized carbons (Fsp3) is 0.0400. The number of anilines is 1. The highest BCUT2D eigenvalue weighted by Gasteiger charge is 2.04. The van der Waals surface area contributed by atoms with Gasteiger partial charge in [0.1, 0.15) is 29.9 Å². The molecule has 0 radical (unpaired) electrons. The number of rotatable bonds is 9. The number of allylic oxidation sites excluding steroid dienone is 1. The molecule has 0 saturated carbocycles. The summed E-state index contributed by atoms with van der Waals surface area (Å²) in [6, 6.07) is 24.5. The van der Waals surface area contributed by atoms with Crippen molar-refractivity contribution in [1.82, 2.24) is 0 Å². The fourth-order valence-corrected chi connectivity index (χ4v) is 2.66. The molecule has 0 aliphatic rings. The molecular weight excluding hydrogens is 374 g/mol. The summed E-state index contributed by atoms with van der Waals surface area (Å²) in [5.74, 6) is 1.98. The van der Waals surface area contributed by atoms with E-state index in [2.05, 4.69) is 29.7 Å². The van der Waals surface area contributed by atoms with E-state index in [0.717, 1.165) is 11.3 Å². The van der Waals surface area contributed by atoms with Gasteiger partial charge in [0, 0.05) is 17.6 Å². The van der Waals surface area contributed by atoms with E-state index in [-0.39, 0.29) is 0 Å². The minimum atomic E-state index is 0.341. The Kier molecular flexibility index (Phi) is 7.02. The lowest BCUT2D eigenvalue weighted by Crippen LogP contribution is -1.97. The molecule has 3 rings (SSSR count). The van der Waals surface area contributed by atoms with Crippen LogP contribution in [0.3, 0.4) is 0 Å². The van der Waals surface area contributed by atoms with E-state index in [1.807, 2.05) is 60.7 Å². The molecule has 0 heterocycles. The molecule has 0 atom stereocenters. The molecule has 0 fully saturated rings. The van der Waals surface area contributed by atoms with Crippen LogP contribution in [-0.4, -0.2) is 6.72 Å². The topological polar surface area (TPSA) is 66.6 Å². The molecule has 0 bridgehead atoms. The second-order valence-corrected chi connectivity index (χ2v) is 6.32. The number of nitriles is 1. The number of aliphatic imine (C=N–C) groups is 1. The summed E-state index contributed by atoms with van der Waals surface area (Å²) < 4.78 is 11.7. The lowest BCUT2D eigenvalue weighted by atomic mass is 10.2. The van der Waals surface area contributed by atoms with Crippen LogP contribution >= 0.6 is 0 Å². The zero-order valence-electron chi connectivity index (χ0n) is 16.4. The summed E-state index contributed by atoms with van der Waals surface area (Å²) in [5, 5.41) is 12.3. The van der Waals surface area contributed by atoms with Gasteiger partial charge in [-0.15, -0.1) is 0 Å². The third-order valence-electron chi connectivity index (χ3n) is 4.08. The average Bonchev–Trinajstić information content (AvgIpc) is 2.78. The van der Waals surface area contributed by atoms with Crippen LogP contribution in [-0.2, 0) is 6.61 Å². The standard InChI is InChI=1S/C25H21N3O2/c1-19(14-15-27-2)28-22-10-12-23(13-11-22)30-24-8-5-6-20(16-24)18-29-25-9-4-3-7-21(25)17-26/h3-16,28H,1-2,18H2/b15-14-. The van der Waals surface area contributed by atoms with Crippen LogP contribution in [0.4, 0.5) is 5.69 Å². The van der Waals surface area contributed by atoms with Gasteiger partial charge < -0.3 is 14.8 Å². The molecule has 3 aromatic rings. The monoisotopic (exact) mass is 395 g/mol. The predicted molar refractivity (Wildman–Crippen MR) is 120 cm³/mol. The van der Waals surface area contributed by atoms with Crippen molar-refractivity contribution < 1.29 is 9.47 Å². The van der Waals surface area contributed by atoms with Crippen LogP contribution in [0.25, 0.3) is 0 Å². The Morgan fingerprint density at radius 3 is 2.60 bits per heavy atom. The molecule has 0 aliphatic carbocycles. The summed E-state index contributed by atoms with van der Waals surface area (Å²) in [5.41, 5.74) is 3.05. The van der Waals surface area contributed by atoms with E-state index in [9.17, 15) is 0 Å². The third-order valence-corrected chi connectivity index (χ3v) is 4.08. The van der Waals surface area contributed by atoms with Crippen LogP contribution in [0.1, 0.15) is 11.1 Å². The van der Waals surface area contributed by atoms with Gasteiger partial charge in [0.05, 0.1) is 5.56 Å². The molecule has 0 aromatic heterocycles. The largest absolute Gasteiger partial charge is 0.488 e. The van der Waals surface area contributed by atoms with Gasteiger partial charge in [0.2, 0.25) is 0 Å². The van der Waals surface area contributed by atoms with Crippen molar-refractivity contribution in [2.45, 2.75) is 6.61 Å². The van der Waals surface area contributed by atoms with Crippen molar-refractivity contribution in [2.24, 2.45) is 4.99 Å². The summed E-state index contributed by atoms with van der Waals surface area (Å²) in [6.45, 7) is 7.62. The molecule has 148 valence electrons. The predicted octanol–water partition coefficient (Wildman–Crippen LogP) is 6.07. The Hall–Kier alpha value is -4.30. The first-order chi connectivity index (χ1) is 14.7. The van der Waals surface area contributed by atoms with Gasteiger partial charge in [0.25, 0.3) is 0 Å². The highest BCUT2D eigenvalue weighted by Crippen LogP contribution is 2.25. The van der Waals surface area contributed by atoms with Gasteiger partial charge in [-0.3, -0.25) is 4.99 Å². The number of para-hydroxylation sites is 1. The minimum absolute atomic E-state index is 0.341. The number of ether oxygens (including phenoxy) is 2. The Morgan fingerprint density at radius 2 is 1.83 bits per heavy atom. The number of nitrogens with zero attached hydrogens (tertiary/aromatic N) is 2. The molecule has 30 heavy (non-hydrogen) atoms. The molecule has 1 N–H and O–H groups in total. The van der Waals surface area contributed by atoms with Gasteiger partial charge in [-0.2, -0.15) is 5.26 Å². The molecule has 5 heteroatoms. The summed E-state index contributed by atoms with van der Waals surface area (Å²) in [7, 11) is 0. The molecule has 0 unspecified atom stereocenters. The van der Waals surface area contributed by atoms with Crippen LogP contribution in [0.2, 0.25) is 0 Å². The lowest BCUT2D eigenvalue weighted by Gasteiger charge is -2.11. The molecular formula is C25H21N3O2. The fourth-order valence-electron chi connectivity index (χ4n) is 2.66. The van der Waals surface area contributed by atoms with Crippen LogP contribution in [0.15, 0.2) is 102 Å². The Balaban J connectivity index is 1.61. The van der Waals surface area contributed by atoms with Gasteiger partial charge in [-0.05, 0) is 66.9 Å². The van der Waals surface area contributed by atoms with Crippen molar-refractivity contribution in [1.29, 1.82) is 5.26 Å². The Labute approximate surface area is 176 Å². The molecule has 5 nitrogen and oxygen atoms in total. The third kappa shape index (κ3) is 5.85. The van der Waals surface area contributed by atoms with Gasteiger partial charge in [0.15, 0.2) is 0 Å². The molecule has 0 amide bonds. The first-order valence-electron chi connectivity index (χ1n) is 9.25. The summed E-state index contributed by atoms with van der Waals surface area (Å²) in [6.07, 6.45) is 3.31. The maximum atomic E-state index is 9.16. The van der Waals surface area contributed by atoms with Crippen molar-refractivity contribution >= 4 is 12.4 Å². The van der Waals surface area contributed by atoms with Crippen LogP contribution < -0.4 is 14.8 Å². The second kappa shape index (κ2) is 10.3. The van der Waals surface area contributed by atoms with Crippen LogP contribution in [0.5, 0.6) is 17.2 Å². The summed E-state index contributed by atoms with van der Waals surface area (Å²) in [4.78, 5) is 3.65. The maximum absolute atomic E-state index is 9.16. The van der Waals surface area contributed by atoms with E-state index in [0.29, 0.717) is 35.1 Å². The van der Waals surface area contributed by atoms with E-state index >= 15 is 0 Å². The van der Waals surface area contributed by atoms with Gasteiger partial charge >= 0.3 is 0 Å². The molecule has 0 saturated heterocycles. The first-order valence-corrected chi connectivity index (χ1v) is 9.25. The molecule has 3 aromatic carbocycles. The molecule has 0 aliphatic heterocycles. The van der Waals surface area contributed by atoms with Gasteiger partial charge in [-0.25, -0.2) is 0 Å². The van der Waals surface area contributed by atoms with Crippen LogP contribution in [0, 0.1) is 11.3 Å². The van der Waals surface area contributed by atoms with Crippen molar-refractivity contribution in [3.8, 4) is 23.3 Å². The van der Waals surface area contributed by atoms with E-state index in [4.69, 9.17) is 14.7 Å². The quantitative estimate of drug-likeness (QED) is 0.353. The highest BCUT2D eigenvalue weighted by atomic mass is 16.5. The van der Waals surface area contributed by atoms with Crippen molar-refractivity contribution in [2.75, 3.05) is 5.32 Å². The Morgan fingerprint density at radius 1 is 1.03 bits per heavy atom. The number of hydrogen-bond donors (Lipinski definition) is 1. The smallest absolute Gasteiger partial charge is 0.137 e. The van der Waals surface area contributed by atoms with E-state index in [1.165, 1.54) is 0 Å². The van der Waals surface area contributed by atoms with E-state index in [1.54, 1.807) is 24.4 Å². The summed E-state index contributed by atoms with van der Waals surface area (Å²) >= 11 is 0. The number of hydrogen-bond acceptors (Lipinski definition) is 5. The first kappa shape index (κ1) is 20.4. The van der Waals surface area contributed by atoms with Gasteiger partial charge in [-0.1, -0.05) is 30.8 Å².